The first-order valence-corrected chi connectivity index (χ1v) is 14.8. The smallest absolute Gasteiger partial charge is 0.297 e. The topological polar surface area (TPSA) is 147 Å². The molecule has 10 heteroatoms. The number of nitro groups is 2. The molecule has 0 atom stereocenters. The van der Waals surface area contributed by atoms with Gasteiger partial charge >= 0.3 is 0 Å². The minimum absolute atomic E-state index is 0.147. The van der Waals surface area contributed by atoms with Gasteiger partial charge in [0.25, 0.3) is 11.4 Å². The predicted octanol–water partition coefficient (Wildman–Crippen LogP) is 9.21. The van der Waals surface area contributed by atoms with Crippen molar-refractivity contribution in [1.29, 1.82) is 0 Å². The molecule has 0 saturated carbocycles. The van der Waals surface area contributed by atoms with Crippen molar-refractivity contribution < 1.29 is 9.85 Å². The summed E-state index contributed by atoms with van der Waals surface area (Å²) in [6.45, 7) is 0. The normalized spacial score (nSPS) is 11.9. The molecule has 0 spiro atoms. The van der Waals surface area contributed by atoms with Crippen molar-refractivity contribution in [3.63, 3.8) is 0 Å². The molecule has 0 amide bonds. The van der Waals surface area contributed by atoms with Crippen LogP contribution in [0.2, 0.25) is 0 Å². The minimum Gasteiger partial charge on any atom is -0.354 e. The second-order valence-corrected chi connectivity index (χ2v) is 11.1. The lowest BCUT2D eigenvalue weighted by atomic mass is 10.0. The molecule has 3 aromatic carbocycles. The molecule has 0 unspecified atom stereocenters. The van der Waals surface area contributed by atoms with Gasteiger partial charge in [-0.3, -0.25) is 20.2 Å². The Morgan fingerprint density at radius 1 is 0.511 bits per heavy atom. The Balaban J connectivity index is 1.64. The number of aromatic nitrogens is 4. The average molecular weight is 617 g/mol. The molecular weight excluding hydrogens is 592 g/mol. The van der Waals surface area contributed by atoms with Gasteiger partial charge in [-0.15, -0.1) is 0 Å². The van der Waals surface area contributed by atoms with E-state index in [4.69, 9.17) is 4.98 Å². The van der Waals surface area contributed by atoms with Crippen LogP contribution in [0.4, 0.5) is 5.69 Å². The van der Waals surface area contributed by atoms with E-state index in [9.17, 15) is 20.2 Å². The van der Waals surface area contributed by atoms with Crippen molar-refractivity contribution in [3.05, 3.63) is 153 Å². The summed E-state index contributed by atoms with van der Waals surface area (Å²) in [6, 6.07) is 37.7. The Morgan fingerprint density at radius 2 is 0.979 bits per heavy atom. The highest BCUT2D eigenvalue weighted by molar-refractivity contribution is 6.03. The fraction of sp³-hybridized carbons (Fsp3) is 0. The van der Waals surface area contributed by atoms with Crippen LogP contribution in [0, 0.1) is 20.2 Å². The first-order chi connectivity index (χ1) is 23.0. The molecule has 10 nitrogen and oxygen atoms in total. The quantitative estimate of drug-likeness (QED) is 0.130. The molecule has 1 aliphatic rings. The number of rotatable bonds is 5. The van der Waals surface area contributed by atoms with Crippen molar-refractivity contribution in [1.82, 2.24) is 19.9 Å². The molecule has 0 saturated heterocycles. The number of hydrogen-bond acceptors (Lipinski definition) is 5. The van der Waals surface area contributed by atoms with Crippen LogP contribution < -0.4 is 0 Å². The summed E-state index contributed by atoms with van der Waals surface area (Å²) in [4.78, 5) is 39.3. The maximum absolute atomic E-state index is 12.6. The van der Waals surface area contributed by atoms with Crippen molar-refractivity contribution in [3.8, 4) is 33.4 Å². The van der Waals surface area contributed by atoms with Gasteiger partial charge in [0.1, 0.15) is 5.52 Å². The summed E-state index contributed by atoms with van der Waals surface area (Å²) in [7, 11) is 0. The van der Waals surface area contributed by atoms with Gasteiger partial charge in [0.2, 0.25) is 0 Å². The first-order valence-electron chi connectivity index (χ1n) is 14.8. The van der Waals surface area contributed by atoms with Crippen LogP contribution in [0.15, 0.2) is 121 Å². The van der Waals surface area contributed by atoms with E-state index in [1.807, 2.05) is 115 Å². The van der Waals surface area contributed by atoms with Gasteiger partial charge in [0.15, 0.2) is 5.69 Å². The van der Waals surface area contributed by atoms with Gasteiger partial charge in [-0.1, -0.05) is 91.0 Å². The van der Waals surface area contributed by atoms with E-state index in [-0.39, 0.29) is 33.8 Å². The second-order valence-electron chi connectivity index (χ2n) is 11.1. The second kappa shape index (κ2) is 11.0. The molecule has 7 aromatic rings. The highest BCUT2D eigenvalue weighted by Gasteiger charge is 2.29. The van der Waals surface area contributed by atoms with Gasteiger partial charge in [-0.25, -0.2) is 4.98 Å². The molecule has 4 aromatic heterocycles. The van der Waals surface area contributed by atoms with E-state index < -0.39 is 9.85 Å². The maximum Gasteiger partial charge on any atom is 0.297 e. The summed E-state index contributed by atoms with van der Waals surface area (Å²) in [5, 5.41) is 25.1. The van der Waals surface area contributed by atoms with Crippen LogP contribution in [0.3, 0.4) is 0 Å². The van der Waals surface area contributed by atoms with E-state index in [1.54, 1.807) is 0 Å². The Labute approximate surface area is 266 Å². The summed E-state index contributed by atoms with van der Waals surface area (Å²) >= 11 is 0. The molecule has 5 heterocycles. The van der Waals surface area contributed by atoms with E-state index in [1.165, 1.54) is 12.1 Å². The third kappa shape index (κ3) is 4.72. The monoisotopic (exact) mass is 616 g/mol. The van der Waals surface area contributed by atoms with Gasteiger partial charge in [0.05, 0.1) is 21.1 Å². The highest BCUT2D eigenvalue weighted by atomic mass is 16.6. The zero-order valence-corrected chi connectivity index (χ0v) is 24.6. The Kier molecular flexibility index (Phi) is 6.47. The lowest BCUT2D eigenvalue weighted by molar-refractivity contribution is -0.382. The first kappa shape index (κ1) is 27.7. The van der Waals surface area contributed by atoms with Crippen LogP contribution >= 0.6 is 0 Å². The maximum atomic E-state index is 12.6. The lowest BCUT2D eigenvalue weighted by Gasteiger charge is -2.05. The molecule has 47 heavy (non-hydrogen) atoms. The molecule has 3 N–H and O–H groups in total. The fourth-order valence-corrected chi connectivity index (χ4v) is 6.28. The largest absolute Gasteiger partial charge is 0.354 e. The van der Waals surface area contributed by atoms with Crippen LogP contribution in [-0.2, 0) is 0 Å². The third-order valence-corrected chi connectivity index (χ3v) is 8.34. The van der Waals surface area contributed by atoms with E-state index in [2.05, 4.69) is 15.0 Å². The Hall–Kier alpha value is -6.81. The zero-order valence-electron chi connectivity index (χ0n) is 24.6. The number of nitrogens with one attached hydrogen (secondary N) is 3. The van der Waals surface area contributed by atoms with Crippen LogP contribution in [0.5, 0.6) is 0 Å². The molecule has 0 aliphatic carbocycles. The van der Waals surface area contributed by atoms with Gasteiger partial charge in [0, 0.05) is 50.9 Å². The van der Waals surface area contributed by atoms with Gasteiger partial charge in [-0.2, -0.15) is 0 Å². The molecule has 0 fully saturated rings. The number of nitrogens with zero attached hydrogens (tertiary/aromatic N) is 3. The minimum atomic E-state index is -0.469. The summed E-state index contributed by atoms with van der Waals surface area (Å²) in [6.07, 6.45) is 1.36. The predicted molar refractivity (Wildman–Crippen MR) is 184 cm³/mol. The molecule has 8 rings (SSSR count). The van der Waals surface area contributed by atoms with Crippen molar-refractivity contribution in [2.24, 2.45) is 0 Å². The number of benzene rings is 3. The summed E-state index contributed by atoms with van der Waals surface area (Å²) in [5.41, 5.74) is 7.67. The van der Waals surface area contributed by atoms with Crippen molar-refractivity contribution in [2.45, 2.75) is 0 Å². The third-order valence-electron chi connectivity index (χ3n) is 8.34. The molecule has 1 aliphatic heterocycles. The van der Waals surface area contributed by atoms with Gasteiger partial charge in [-0.05, 0) is 41.0 Å². The number of aromatic amines is 3. The average Bonchev–Trinajstić information content (AvgIpc) is 3.91. The Morgan fingerprint density at radius 3 is 1.49 bits per heavy atom. The number of fused-ring (bicyclic) bond motifs is 9. The van der Waals surface area contributed by atoms with Gasteiger partial charge < -0.3 is 15.0 Å². The molecule has 226 valence electrons. The van der Waals surface area contributed by atoms with E-state index >= 15 is 0 Å². The zero-order chi connectivity index (χ0) is 32.1. The highest BCUT2D eigenvalue weighted by Crippen LogP contribution is 2.39. The van der Waals surface area contributed by atoms with Crippen LogP contribution in [0.25, 0.3) is 78.3 Å². The van der Waals surface area contributed by atoms with Crippen molar-refractivity contribution in [2.75, 3.05) is 0 Å². The van der Waals surface area contributed by atoms with E-state index in [0.29, 0.717) is 22.2 Å². The Bertz CT molecular complexity index is 2510. The summed E-state index contributed by atoms with van der Waals surface area (Å²) in [5.74, 6) is 0. The number of hydrogen-bond donors (Lipinski definition) is 3. The standard InChI is InChI=1S/C37H24N6O4/c44-42(45)31-20-29-30-21-32(43(46)47)37(41-30)35(24-14-8-3-9-15-24)28-19-17-26(39-28)33(22-10-4-1-5-11-22)25-16-18-27(38-25)34(36(31)40-29)23-12-6-2-7-13-23/h1-21,38-40H. The molecule has 0 radical (unpaired) electrons. The van der Waals surface area contributed by atoms with Crippen LogP contribution in [-0.4, -0.2) is 29.8 Å². The van der Waals surface area contributed by atoms with Crippen LogP contribution in [0.1, 0.15) is 11.4 Å². The number of H-pyrrole nitrogens is 3. The fourth-order valence-electron chi connectivity index (χ4n) is 6.28. The lowest BCUT2D eigenvalue weighted by Crippen LogP contribution is -1.98. The van der Waals surface area contributed by atoms with E-state index in [0.717, 1.165) is 33.3 Å². The molecular formula is C37H24N6O4. The summed E-state index contributed by atoms with van der Waals surface area (Å²) < 4.78 is 0. The molecule has 8 bridgehead atoms. The SMILES string of the molecule is O=[N+]([O-])C1=Cc2nc1c(-c1ccccc1)c1ccc([nH]1)c(-c1ccccc1)c1ccc([nH]1)c(-c1ccccc1)c1[nH]c2cc1[N+](=O)[O-]. The van der Waals surface area contributed by atoms with Crippen molar-refractivity contribution >= 4 is 50.6 Å².